The van der Waals surface area contributed by atoms with Crippen LogP contribution in [-0.4, -0.2) is 29.7 Å². The Morgan fingerprint density at radius 2 is 2.12 bits per heavy atom. The zero-order chi connectivity index (χ0) is 18.1. The molecule has 2 heterocycles. The molecule has 4 rings (SSSR count). The third-order valence-corrected chi connectivity index (χ3v) is 6.67. The lowest BCUT2D eigenvalue weighted by Crippen LogP contribution is -2.39. The first-order valence-corrected chi connectivity index (χ1v) is 10.3. The lowest BCUT2D eigenvalue weighted by Gasteiger charge is -2.36. The van der Waals surface area contributed by atoms with Crippen molar-refractivity contribution >= 4 is 38.5 Å². The summed E-state index contributed by atoms with van der Waals surface area (Å²) in [5.74, 6) is 0.851. The van der Waals surface area contributed by atoms with Gasteiger partial charge in [0.05, 0.1) is 11.5 Å². The minimum atomic E-state index is -0.634. The Hall–Kier alpha value is -1.50. The fraction of sp³-hybridized carbons (Fsp3) is 0.300. The van der Waals surface area contributed by atoms with Gasteiger partial charge in [-0.2, -0.15) is 0 Å². The first-order valence-electron chi connectivity index (χ1n) is 8.54. The highest BCUT2D eigenvalue weighted by molar-refractivity contribution is 9.10. The third-order valence-electron chi connectivity index (χ3n) is 5.04. The molecule has 1 fully saturated rings. The van der Waals surface area contributed by atoms with Crippen molar-refractivity contribution in [3.05, 3.63) is 69.9 Å². The molecule has 0 amide bonds. The van der Waals surface area contributed by atoms with Crippen molar-refractivity contribution in [2.24, 2.45) is 10.9 Å². The number of Topliss-reactive ketones (excluding diaryl/α,β-unsaturated/α-hetero) is 1. The molecule has 3 nitrogen and oxygen atoms in total. The predicted octanol–water partition coefficient (Wildman–Crippen LogP) is 4.42. The van der Waals surface area contributed by atoms with Gasteiger partial charge in [-0.15, -0.1) is 11.8 Å². The van der Waals surface area contributed by atoms with Gasteiger partial charge < -0.3 is 5.32 Å². The standard InChI is InChI=1S/C20H18BrFN2OS/c21-15-6-7-17(22)16(8-15)20-12-23-10-14(20)11-26-19(24-20)9-18(25)13-4-2-1-3-5-13/h1-8,14,23H,9-12H2/t14-,20-/m1/s1. The van der Waals surface area contributed by atoms with E-state index in [1.165, 1.54) is 6.07 Å². The molecule has 0 aliphatic carbocycles. The molecule has 134 valence electrons. The van der Waals surface area contributed by atoms with Crippen LogP contribution in [0.15, 0.2) is 58.0 Å². The Bertz CT molecular complexity index is 873. The summed E-state index contributed by atoms with van der Waals surface area (Å²) in [6.07, 6.45) is 0.263. The summed E-state index contributed by atoms with van der Waals surface area (Å²) in [4.78, 5) is 17.5. The molecular formula is C20H18BrFN2OS. The van der Waals surface area contributed by atoms with Crippen LogP contribution in [0.5, 0.6) is 0 Å². The molecule has 1 saturated heterocycles. The molecule has 0 aromatic heterocycles. The lowest BCUT2D eigenvalue weighted by atomic mass is 9.81. The number of carbonyl (C=O) groups excluding carboxylic acids is 1. The lowest BCUT2D eigenvalue weighted by molar-refractivity contribution is 0.100. The SMILES string of the molecule is O=C(CC1=N[C@]2(c3cc(Br)ccc3F)CNC[C@@H]2CS1)c1ccccc1. The van der Waals surface area contributed by atoms with Gasteiger partial charge in [0.2, 0.25) is 0 Å². The van der Waals surface area contributed by atoms with Gasteiger partial charge in [-0.3, -0.25) is 9.79 Å². The topological polar surface area (TPSA) is 41.5 Å². The molecule has 1 N–H and O–H groups in total. The number of rotatable bonds is 4. The second-order valence-corrected chi connectivity index (χ2v) is 8.67. The van der Waals surface area contributed by atoms with Crippen LogP contribution in [0, 0.1) is 11.7 Å². The smallest absolute Gasteiger partial charge is 0.169 e. The number of aliphatic imine (C=N–C) groups is 1. The predicted molar refractivity (Wildman–Crippen MR) is 107 cm³/mol. The largest absolute Gasteiger partial charge is 0.314 e. The molecule has 0 bridgehead atoms. The van der Waals surface area contributed by atoms with Crippen LogP contribution in [0.4, 0.5) is 4.39 Å². The van der Waals surface area contributed by atoms with Gasteiger partial charge in [0.15, 0.2) is 5.78 Å². The summed E-state index contributed by atoms with van der Waals surface area (Å²) < 4.78 is 15.5. The quantitative estimate of drug-likeness (QED) is 0.726. The minimum Gasteiger partial charge on any atom is -0.314 e. The molecule has 2 atom stereocenters. The van der Waals surface area contributed by atoms with Gasteiger partial charge in [0.25, 0.3) is 0 Å². The van der Waals surface area contributed by atoms with Gasteiger partial charge in [-0.25, -0.2) is 4.39 Å². The summed E-state index contributed by atoms with van der Waals surface area (Å²) in [6, 6.07) is 14.3. The van der Waals surface area contributed by atoms with Gasteiger partial charge in [0.1, 0.15) is 11.4 Å². The monoisotopic (exact) mass is 432 g/mol. The highest BCUT2D eigenvalue weighted by Gasteiger charge is 2.48. The normalized spacial score (nSPS) is 24.8. The van der Waals surface area contributed by atoms with Crippen LogP contribution in [0.2, 0.25) is 0 Å². The molecule has 0 radical (unpaired) electrons. The van der Waals surface area contributed by atoms with Crippen molar-refractivity contribution in [3.8, 4) is 0 Å². The maximum atomic E-state index is 14.7. The number of carbonyl (C=O) groups is 1. The van der Waals surface area contributed by atoms with Crippen molar-refractivity contribution in [2.75, 3.05) is 18.8 Å². The number of halogens is 2. The zero-order valence-corrected chi connectivity index (χ0v) is 16.4. The van der Waals surface area contributed by atoms with E-state index in [9.17, 15) is 9.18 Å². The molecule has 0 spiro atoms. The number of nitrogens with one attached hydrogen (secondary N) is 1. The summed E-state index contributed by atoms with van der Waals surface area (Å²) in [7, 11) is 0. The summed E-state index contributed by atoms with van der Waals surface area (Å²) in [6.45, 7) is 1.40. The average molecular weight is 433 g/mol. The number of nitrogens with zero attached hydrogens (tertiary/aromatic N) is 1. The maximum Gasteiger partial charge on any atom is 0.169 e. The van der Waals surface area contributed by atoms with Crippen LogP contribution in [-0.2, 0) is 5.54 Å². The Balaban J connectivity index is 1.69. The first-order chi connectivity index (χ1) is 12.6. The average Bonchev–Trinajstić information content (AvgIpc) is 3.08. The van der Waals surface area contributed by atoms with Crippen LogP contribution in [0.3, 0.4) is 0 Å². The number of ketones is 1. The van der Waals surface area contributed by atoms with E-state index in [4.69, 9.17) is 4.99 Å². The van der Waals surface area contributed by atoms with E-state index in [0.29, 0.717) is 17.7 Å². The van der Waals surface area contributed by atoms with Crippen LogP contribution in [0.1, 0.15) is 22.3 Å². The van der Waals surface area contributed by atoms with E-state index in [1.807, 2.05) is 36.4 Å². The van der Waals surface area contributed by atoms with Crippen LogP contribution < -0.4 is 5.32 Å². The van der Waals surface area contributed by atoms with E-state index in [0.717, 1.165) is 21.8 Å². The van der Waals surface area contributed by atoms with Crippen molar-refractivity contribution in [1.29, 1.82) is 0 Å². The summed E-state index contributed by atoms with van der Waals surface area (Å²) >= 11 is 5.07. The Morgan fingerprint density at radius 3 is 2.92 bits per heavy atom. The number of hydrogen-bond acceptors (Lipinski definition) is 4. The van der Waals surface area contributed by atoms with Crippen molar-refractivity contribution in [2.45, 2.75) is 12.0 Å². The molecule has 2 aliphatic heterocycles. The second-order valence-electron chi connectivity index (χ2n) is 6.66. The molecule has 2 aromatic carbocycles. The number of hydrogen-bond donors (Lipinski definition) is 1. The Morgan fingerprint density at radius 1 is 1.31 bits per heavy atom. The first kappa shape index (κ1) is 17.9. The van der Waals surface area contributed by atoms with E-state index in [2.05, 4.69) is 21.2 Å². The molecule has 2 aromatic rings. The van der Waals surface area contributed by atoms with E-state index in [-0.39, 0.29) is 23.9 Å². The zero-order valence-electron chi connectivity index (χ0n) is 14.0. The van der Waals surface area contributed by atoms with Crippen LogP contribution >= 0.6 is 27.7 Å². The number of thioether (sulfide) groups is 1. The van der Waals surface area contributed by atoms with Gasteiger partial charge in [-0.1, -0.05) is 46.3 Å². The molecule has 0 unspecified atom stereocenters. The molecule has 6 heteroatoms. The highest BCUT2D eigenvalue weighted by atomic mass is 79.9. The summed E-state index contributed by atoms with van der Waals surface area (Å²) in [5.41, 5.74) is 0.655. The maximum absolute atomic E-state index is 14.7. The van der Waals surface area contributed by atoms with Gasteiger partial charge in [-0.05, 0) is 18.2 Å². The molecule has 26 heavy (non-hydrogen) atoms. The Labute approximate surface area is 164 Å². The van der Waals surface area contributed by atoms with Gasteiger partial charge in [0, 0.05) is 40.4 Å². The van der Waals surface area contributed by atoms with Crippen molar-refractivity contribution < 1.29 is 9.18 Å². The van der Waals surface area contributed by atoms with E-state index >= 15 is 0 Å². The number of fused-ring (bicyclic) bond motifs is 1. The highest BCUT2D eigenvalue weighted by Crippen LogP contribution is 2.45. The van der Waals surface area contributed by atoms with E-state index < -0.39 is 5.54 Å². The molecular weight excluding hydrogens is 415 g/mol. The van der Waals surface area contributed by atoms with Crippen molar-refractivity contribution in [1.82, 2.24) is 5.32 Å². The second kappa shape index (κ2) is 7.25. The molecule has 0 saturated carbocycles. The fourth-order valence-electron chi connectivity index (χ4n) is 3.69. The van der Waals surface area contributed by atoms with Crippen LogP contribution in [0.25, 0.3) is 0 Å². The van der Waals surface area contributed by atoms with Crippen molar-refractivity contribution in [3.63, 3.8) is 0 Å². The number of benzene rings is 2. The summed E-state index contributed by atoms with van der Waals surface area (Å²) in [5, 5.41) is 4.16. The fourth-order valence-corrected chi connectivity index (χ4v) is 5.30. The minimum absolute atomic E-state index is 0.0473. The molecule has 2 aliphatic rings. The van der Waals surface area contributed by atoms with E-state index in [1.54, 1.807) is 17.8 Å². The van der Waals surface area contributed by atoms with Gasteiger partial charge >= 0.3 is 0 Å². The third kappa shape index (κ3) is 3.26. The Kier molecular flexibility index (Phi) is 4.99.